The van der Waals surface area contributed by atoms with Gasteiger partial charge in [0.15, 0.2) is 0 Å². The summed E-state index contributed by atoms with van der Waals surface area (Å²) < 4.78 is 0. The average molecular weight is 647 g/mol. The number of amides is 4. The number of nitrogens with zero attached hydrogens (tertiary/aromatic N) is 2. The van der Waals surface area contributed by atoms with E-state index in [0.29, 0.717) is 31.2 Å². The molecule has 0 saturated heterocycles. The fourth-order valence-electron chi connectivity index (χ4n) is 7.14. The first kappa shape index (κ1) is 37.5. The SMILES string of the molecule is N#CCNC(=O)C(CC1CCCCC1)C(=O)NC1CCCCC1.N#CCNC(=O)C(CC1CCCCC1)C(=O)NCc1ccccc1. The molecule has 0 aromatic heterocycles. The molecule has 0 radical (unpaired) electrons. The Morgan fingerprint density at radius 3 is 1.49 bits per heavy atom. The summed E-state index contributed by atoms with van der Waals surface area (Å²) in [6, 6.07) is 13.7. The van der Waals surface area contributed by atoms with Crippen molar-refractivity contribution in [1.29, 1.82) is 10.5 Å². The maximum Gasteiger partial charge on any atom is 0.233 e. The van der Waals surface area contributed by atoms with Crippen LogP contribution in [-0.4, -0.2) is 42.8 Å². The molecule has 3 aliphatic carbocycles. The molecule has 4 amide bonds. The molecule has 47 heavy (non-hydrogen) atoms. The van der Waals surface area contributed by atoms with E-state index in [1.54, 1.807) is 0 Å². The summed E-state index contributed by atoms with van der Waals surface area (Å²) in [4.78, 5) is 49.8. The van der Waals surface area contributed by atoms with Gasteiger partial charge in [-0.25, -0.2) is 0 Å². The van der Waals surface area contributed by atoms with E-state index in [9.17, 15) is 19.2 Å². The fraction of sp³-hybridized carbons (Fsp3) is 0.676. The molecule has 2 unspecified atom stereocenters. The van der Waals surface area contributed by atoms with Crippen LogP contribution in [0.1, 0.15) is 115 Å². The Hall–Kier alpha value is -3.92. The molecule has 4 rings (SSSR count). The molecule has 2 atom stereocenters. The molecule has 0 aliphatic heterocycles. The first-order valence-corrected chi connectivity index (χ1v) is 17.8. The van der Waals surface area contributed by atoms with Gasteiger partial charge in [0.05, 0.1) is 12.1 Å². The highest BCUT2D eigenvalue weighted by Crippen LogP contribution is 2.30. The average Bonchev–Trinajstić information content (AvgIpc) is 3.11. The first-order valence-electron chi connectivity index (χ1n) is 17.8. The zero-order chi connectivity index (χ0) is 33.7. The molecular weight excluding hydrogens is 592 g/mol. The van der Waals surface area contributed by atoms with E-state index in [1.807, 2.05) is 42.5 Å². The Morgan fingerprint density at radius 2 is 1.02 bits per heavy atom. The van der Waals surface area contributed by atoms with Crippen LogP contribution in [0.5, 0.6) is 0 Å². The van der Waals surface area contributed by atoms with Gasteiger partial charge in [-0.2, -0.15) is 10.5 Å². The van der Waals surface area contributed by atoms with E-state index in [-0.39, 0.29) is 42.8 Å². The van der Waals surface area contributed by atoms with Crippen molar-refractivity contribution in [2.75, 3.05) is 13.1 Å². The van der Waals surface area contributed by atoms with Crippen molar-refractivity contribution >= 4 is 23.6 Å². The topological polar surface area (TPSA) is 164 Å². The van der Waals surface area contributed by atoms with Gasteiger partial charge in [-0.05, 0) is 43.1 Å². The van der Waals surface area contributed by atoms with Crippen LogP contribution in [0.4, 0.5) is 0 Å². The lowest BCUT2D eigenvalue weighted by Crippen LogP contribution is -2.46. The van der Waals surface area contributed by atoms with Crippen LogP contribution >= 0.6 is 0 Å². The van der Waals surface area contributed by atoms with Crippen molar-refractivity contribution in [2.24, 2.45) is 23.7 Å². The van der Waals surface area contributed by atoms with E-state index in [0.717, 1.165) is 56.9 Å². The smallest absolute Gasteiger partial charge is 0.233 e. The van der Waals surface area contributed by atoms with Crippen LogP contribution in [-0.2, 0) is 25.7 Å². The summed E-state index contributed by atoms with van der Waals surface area (Å²) in [6.45, 7) is 0.315. The molecule has 0 spiro atoms. The highest BCUT2D eigenvalue weighted by Gasteiger charge is 2.32. The maximum atomic E-state index is 12.6. The molecule has 4 N–H and O–H groups in total. The number of carbonyl (C=O) groups excluding carboxylic acids is 4. The van der Waals surface area contributed by atoms with Gasteiger partial charge in [-0.1, -0.05) is 114 Å². The Kier molecular flexibility index (Phi) is 17.4. The van der Waals surface area contributed by atoms with Gasteiger partial charge in [0, 0.05) is 12.6 Å². The molecule has 3 aliphatic rings. The summed E-state index contributed by atoms with van der Waals surface area (Å²) in [5.74, 6) is -1.51. The predicted octanol–water partition coefficient (Wildman–Crippen LogP) is 5.19. The summed E-state index contributed by atoms with van der Waals surface area (Å²) >= 11 is 0. The molecule has 10 nitrogen and oxygen atoms in total. The first-order chi connectivity index (χ1) is 22.9. The highest BCUT2D eigenvalue weighted by atomic mass is 16.2. The van der Waals surface area contributed by atoms with Gasteiger partial charge in [0.25, 0.3) is 0 Å². The normalized spacial score (nSPS) is 18.5. The Balaban J connectivity index is 0.000000256. The summed E-state index contributed by atoms with van der Waals surface area (Å²) in [5, 5.41) is 28.4. The number of carbonyl (C=O) groups is 4. The standard InChI is InChI=1S/C19H25N3O2.C18H29N3O2/c20-11-12-21-18(23)17(13-15-7-3-1-4-8-15)19(24)22-14-16-9-5-2-6-10-16;19-11-12-20-17(22)16(13-14-7-3-1-4-8-14)18(23)21-15-9-5-2-6-10-15/h2,5-6,9-10,15,17H,1,3-4,7-8,12-14H2,(H,21,23)(H,22,24);14-16H,1-10,12-13H2,(H,20,22)(H,21,23). The number of hydrogen-bond acceptors (Lipinski definition) is 6. The number of benzene rings is 1. The molecule has 3 saturated carbocycles. The third-order valence-corrected chi connectivity index (χ3v) is 9.80. The summed E-state index contributed by atoms with van der Waals surface area (Å²) in [6.07, 6.45) is 18.4. The molecular formula is C37H54N6O4. The molecule has 1 aromatic rings. The van der Waals surface area contributed by atoms with Crippen LogP contribution in [0, 0.1) is 46.3 Å². The molecule has 256 valence electrons. The zero-order valence-electron chi connectivity index (χ0n) is 27.9. The van der Waals surface area contributed by atoms with E-state index in [2.05, 4.69) is 21.3 Å². The van der Waals surface area contributed by atoms with E-state index >= 15 is 0 Å². The highest BCUT2D eigenvalue weighted by molar-refractivity contribution is 6.01. The van der Waals surface area contributed by atoms with E-state index in [1.165, 1.54) is 44.9 Å². The minimum atomic E-state index is -0.717. The van der Waals surface area contributed by atoms with Gasteiger partial charge in [-0.3, -0.25) is 19.2 Å². The van der Waals surface area contributed by atoms with Crippen molar-refractivity contribution in [1.82, 2.24) is 21.3 Å². The van der Waals surface area contributed by atoms with Crippen molar-refractivity contribution in [2.45, 2.75) is 122 Å². The predicted molar refractivity (Wildman–Crippen MR) is 180 cm³/mol. The maximum absolute atomic E-state index is 12.6. The number of hydrogen-bond donors (Lipinski definition) is 4. The van der Waals surface area contributed by atoms with Gasteiger partial charge < -0.3 is 21.3 Å². The molecule has 0 heterocycles. The number of rotatable bonds is 13. The summed E-state index contributed by atoms with van der Waals surface area (Å²) in [5.41, 5.74) is 1.000. The van der Waals surface area contributed by atoms with E-state index in [4.69, 9.17) is 10.5 Å². The summed E-state index contributed by atoms with van der Waals surface area (Å²) in [7, 11) is 0. The largest absolute Gasteiger partial charge is 0.353 e. The lowest BCUT2D eigenvalue weighted by atomic mass is 9.82. The molecule has 0 bridgehead atoms. The van der Waals surface area contributed by atoms with Gasteiger partial charge in [0.2, 0.25) is 23.6 Å². The zero-order valence-corrected chi connectivity index (χ0v) is 27.9. The molecule has 1 aromatic carbocycles. The van der Waals surface area contributed by atoms with Gasteiger partial charge >= 0.3 is 0 Å². The Morgan fingerprint density at radius 1 is 0.596 bits per heavy atom. The quantitative estimate of drug-likeness (QED) is 0.170. The lowest BCUT2D eigenvalue weighted by Gasteiger charge is -2.28. The molecule has 10 heteroatoms. The third kappa shape index (κ3) is 14.2. The van der Waals surface area contributed by atoms with Crippen LogP contribution < -0.4 is 21.3 Å². The monoisotopic (exact) mass is 646 g/mol. The van der Waals surface area contributed by atoms with Gasteiger partial charge in [0.1, 0.15) is 24.9 Å². The van der Waals surface area contributed by atoms with Crippen molar-refractivity contribution in [3.63, 3.8) is 0 Å². The third-order valence-electron chi connectivity index (χ3n) is 9.80. The number of nitriles is 2. The minimum Gasteiger partial charge on any atom is -0.353 e. The second kappa shape index (κ2) is 21.8. The minimum absolute atomic E-state index is 0.0310. The molecule has 3 fully saturated rings. The van der Waals surface area contributed by atoms with Crippen LogP contribution in [0.3, 0.4) is 0 Å². The van der Waals surface area contributed by atoms with E-state index < -0.39 is 11.8 Å². The van der Waals surface area contributed by atoms with Crippen LogP contribution in [0.25, 0.3) is 0 Å². The number of nitrogens with one attached hydrogen (secondary N) is 4. The Bertz CT molecular complexity index is 1190. The van der Waals surface area contributed by atoms with Crippen molar-refractivity contribution in [3.05, 3.63) is 35.9 Å². The lowest BCUT2D eigenvalue weighted by molar-refractivity contribution is -0.138. The second-order valence-corrected chi connectivity index (χ2v) is 13.4. The van der Waals surface area contributed by atoms with Crippen molar-refractivity contribution < 1.29 is 19.2 Å². The van der Waals surface area contributed by atoms with Crippen molar-refractivity contribution in [3.8, 4) is 12.1 Å². The fourth-order valence-corrected chi connectivity index (χ4v) is 7.14. The van der Waals surface area contributed by atoms with Crippen LogP contribution in [0.2, 0.25) is 0 Å². The Labute approximate surface area is 280 Å². The van der Waals surface area contributed by atoms with Crippen LogP contribution in [0.15, 0.2) is 30.3 Å². The second-order valence-electron chi connectivity index (χ2n) is 13.4. The van der Waals surface area contributed by atoms with Gasteiger partial charge in [-0.15, -0.1) is 0 Å².